The van der Waals surface area contributed by atoms with Crippen LogP contribution in [0.2, 0.25) is 0 Å². The average Bonchev–Trinajstić information content (AvgIpc) is 2.66. The van der Waals surface area contributed by atoms with Crippen molar-refractivity contribution < 1.29 is 9.53 Å². The summed E-state index contributed by atoms with van der Waals surface area (Å²) in [5.41, 5.74) is 0.799. The number of H-pyrrole nitrogens is 1. The molecule has 0 aliphatic rings. The van der Waals surface area contributed by atoms with E-state index in [2.05, 4.69) is 15.5 Å². The third kappa shape index (κ3) is 2.85. The number of hydrogen-bond donors (Lipinski definition) is 2. The molecule has 1 heterocycles. The minimum Gasteiger partial charge on any atom is -0.462 e. The molecule has 0 bridgehead atoms. The smallest absolute Gasteiger partial charge is 0.350 e. The van der Waals surface area contributed by atoms with Crippen molar-refractivity contribution in [1.29, 1.82) is 5.26 Å². The van der Waals surface area contributed by atoms with Crippen LogP contribution in [0, 0.1) is 18.3 Å². The fourth-order valence-corrected chi connectivity index (χ4v) is 0.983. The van der Waals surface area contributed by atoms with Crippen LogP contribution < -0.4 is 5.32 Å². The average molecular weight is 220 g/mol. The number of anilines is 1. The molecule has 0 fully saturated rings. The zero-order chi connectivity index (χ0) is 12.0. The van der Waals surface area contributed by atoms with E-state index in [1.807, 2.05) is 6.92 Å². The van der Waals surface area contributed by atoms with E-state index in [0.29, 0.717) is 5.82 Å². The van der Waals surface area contributed by atoms with Gasteiger partial charge in [-0.25, -0.2) is 4.79 Å². The SMILES string of the molecule is CCOC(=O)C(C#N)=CNc1[nH]ncc1C. The molecule has 1 aromatic heterocycles. The summed E-state index contributed by atoms with van der Waals surface area (Å²) < 4.78 is 4.70. The molecule has 0 aromatic carbocycles. The van der Waals surface area contributed by atoms with Crippen LogP contribution in [-0.4, -0.2) is 22.8 Å². The van der Waals surface area contributed by atoms with Crippen molar-refractivity contribution in [2.24, 2.45) is 0 Å². The lowest BCUT2D eigenvalue weighted by atomic mass is 10.3. The van der Waals surface area contributed by atoms with Gasteiger partial charge in [-0.2, -0.15) is 10.4 Å². The van der Waals surface area contributed by atoms with Crippen molar-refractivity contribution in [2.75, 3.05) is 11.9 Å². The third-order valence-electron chi connectivity index (χ3n) is 1.81. The number of nitrogens with zero attached hydrogens (tertiary/aromatic N) is 2. The minimum atomic E-state index is -0.644. The zero-order valence-electron chi connectivity index (χ0n) is 9.07. The van der Waals surface area contributed by atoms with Gasteiger partial charge in [-0.3, -0.25) is 5.10 Å². The van der Waals surface area contributed by atoms with Crippen LogP contribution in [0.5, 0.6) is 0 Å². The molecule has 6 heteroatoms. The first kappa shape index (κ1) is 11.8. The van der Waals surface area contributed by atoms with Crippen LogP contribution >= 0.6 is 0 Å². The first-order valence-electron chi connectivity index (χ1n) is 4.73. The van der Waals surface area contributed by atoms with Crippen LogP contribution in [0.25, 0.3) is 0 Å². The van der Waals surface area contributed by atoms with Gasteiger partial charge in [0, 0.05) is 11.8 Å². The van der Waals surface area contributed by atoms with E-state index in [1.54, 1.807) is 19.2 Å². The number of nitriles is 1. The number of hydrogen-bond acceptors (Lipinski definition) is 5. The van der Waals surface area contributed by atoms with E-state index in [1.165, 1.54) is 6.20 Å². The molecule has 0 saturated heterocycles. The van der Waals surface area contributed by atoms with Gasteiger partial charge in [0.05, 0.1) is 12.8 Å². The number of nitrogens with one attached hydrogen (secondary N) is 2. The second-order valence-corrected chi connectivity index (χ2v) is 2.96. The molecule has 1 rings (SSSR count). The van der Waals surface area contributed by atoms with Crippen LogP contribution in [0.4, 0.5) is 5.82 Å². The fraction of sp³-hybridized carbons (Fsp3) is 0.300. The maximum absolute atomic E-state index is 11.2. The molecule has 0 spiro atoms. The van der Waals surface area contributed by atoms with Crippen LogP contribution in [0.1, 0.15) is 12.5 Å². The quantitative estimate of drug-likeness (QED) is 0.450. The Kier molecular flexibility index (Phi) is 4.09. The fourth-order valence-electron chi connectivity index (χ4n) is 0.983. The van der Waals surface area contributed by atoms with Crippen molar-refractivity contribution >= 4 is 11.8 Å². The Balaban J connectivity index is 2.72. The molecule has 0 amide bonds. The molecule has 0 aliphatic carbocycles. The van der Waals surface area contributed by atoms with E-state index >= 15 is 0 Å². The minimum absolute atomic E-state index is 0.0872. The molecule has 2 N–H and O–H groups in total. The van der Waals surface area contributed by atoms with E-state index in [9.17, 15) is 4.79 Å². The predicted molar refractivity (Wildman–Crippen MR) is 57.3 cm³/mol. The molecule has 0 saturated carbocycles. The Morgan fingerprint density at radius 1 is 1.81 bits per heavy atom. The summed E-state index contributed by atoms with van der Waals surface area (Å²) in [6.45, 7) is 3.76. The maximum atomic E-state index is 11.2. The summed E-state index contributed by atoms with van der Waals surface area (Å²) in [7, 11) is 0. The Bertz CT molecular complexity index is 442. The van der Waals surface area contributed by atoms with Crippen LogP contribution in [-0.2, 0) is 9.53 Å². The Morgan fingerprint density at radius 3 is 3.06 bits per heavy atom. The van der Waals surface area contributed by atoms with Crippen molar-refractivity contribution in [3.63, 3.8) is 0 Å². The van der Waals surface area contributed by atoms with E-state index in [0.717, 1.165) is 5.56 Å². The highest BCUT2D eigenvalue weighted by Crippen LogP contribution is 2.09. The number of aromatic nitrogens is 2. The summed E-state index contributed by atoms with van der Waals surface area (Å²) in [5, 5.41) is 18.0. The first-order chi connectivity index (χ1) is 7.69. The van der Waals surface area contributed by atoms with Gasteiger partial charge in [0.15, 0.2) is 5.57 Å². The number of esters is 1. The molecule has 0 atom stereocenters. The van der Waals surface area contributed by atoms with E-state index in [-0.39, 0.29) is 12.2 Å². The summed E-state index contributed by atoms with van der Waals surface area (Å²) in [5.74, 6) is -0.00767. The van der Waals surface area contributed by atoms with Gasteiger partial charge in [0.25, 0.3) is 0 Å². The topological polar surface area (TPSA) is 90.8 Å². The number of carbonyl (C=O) groups excluding carboxylic acids is 1. The molecule has 16 heavy (non-hydrogen) atoms. The highest BCUT2D eigenvalue weighted by molar-refractivity contribution is 5.93. The van der Waals surface area contributed by atoms with Crippen molar-refractivity contribution in [3.8, 4) is 6.07 Å². The Hall–Kier alpha value is -2.29. The number of aryl methyl sites for hydroxylation is 1. The largest absolute Gasteiger partial charge is 0.462 e. The summed E-state index contributed by atoms with van der Waals surface area (Å²) >= 11 is 0. The van der Waals surface area contributed by atoms with Crippen LogP contribution in [0.3, 0.4) is 0 Å². The monoisotopic (exact) mass is 220 g/mol. The van der Waals surface area contributed by atoms with Gasteiger partial charge in [0.1, 0.15) is 11.9 Å². The van der Waals surface area contributed by atoms with Gasteiger partial charge in [-0.15, -0.1) is 0 Å². The second-order valence-electron chi connectivity index (χ2n) is 2.96. The Labute approximate surface area is 92.9 Å². The second kappa shape index (κ2) is 5.56. The summed E-state index contributed by atoms with van der Waals surface area (Å²) in [4.78, 5) is 11.2. The van der Waals surface area contributed by atoms with Gasteiger partial charge < -0.3 is 10.1 Å². The van der Waals surface area contributed by atoms with Gasteiger partial charge in [0.2, 0.25) is 0 Å². The number of rotatable bonds is 4. The lowest BCUT2D eigenvalue weighted by Crippen LogP contribution is -2.08. The third-order valence-corrected chi connectivity index (χ3v) is 1.81. The molecule has 6 nitrogen and oxygen atoms in total. The number of carbonyl (C=O) groups is 1. The standard InChI is InChI=1S/C10H12N4O2/c1-3-16-10(15)8(4-11)6-12-9-7(2)5-13-14-9/h5-6H,3H2,1-2H3,(H2,12,13,14). The zero-order valence-corrected chi connectivity index (χ0v) is 9.07. The highest BCUT2D eigenvalue weighted by Gasteiger charge is 2.09. The first-order valence-corrected chi connectivity index (χ1v) is 4.73. The molecular formula is C10H12N4O2. The van der Waals surface area contributed by atoms with Crippen molar-refractivity contribution in [2.45, 2.75) is 13.8 Å². The molecule has 0 radical (unpaired) electrons. The molecule has 1 aromatic rings. The molecule has 0 aliphatic heterocycles. The summed E-state index contributed by atoms with van der Waals surface area (Å²) in [6, 6.07) is 1.76. The summed E-state index contributed by atoms with van der Waals surface area (Å²) in [6.07, 6.45) is 2.92. The van der Waals surface area contributed by atoms with Gasteiger partial charge >= 0.3 is 5.97 Å². The molecule has 84 valence electrons. The lowest BCUT2D eigenvalue weighted by molar-refractivity contribution is -0.138. The van der Waals surface area contributed by atoms with Crippen LogP contribution in [0.15, 0.2) is 18.0 Å². The number of aromatic amines is 1. The predicted octanol–water partition coefficient (Wildman–Crippen LogP) is 1.10. The lowest BCUT2D eigenvalue weighted by Gasteiger charge is -2.01. The van der Waals surface area contributed by atoms with Crippen molar-refractivity contribution in [1.82, 2.24) is 10.2 Å². The molecular weight excluding hydrogens is 208 g/mol. The van der Waals surface area contributed by atoms with Gasteiger partial charge in [-0.1, -0.05) is 0 Å². The van der Waals surface area contributed by atoms with E-state index < -0.39 is 5.97 Å². The highest BCUT2D eigenvalue weighted by atomic mass is 16.5. The van der Waals surface area contributed by atoms with Crippen molar-refractivity contribution in [3.05, 3.63) is 23.5 Å². The van der Waals surface area contributed by atoms with E-state index in [4.69, 9.17) is 10.00 Å². The Morgan fingerprint density at radius 2 is 2.56 bits per heavy atom. The molecule has 0 unspecified atom stereocenters. The maximum Gasteiger partial charge on any atom is 0.350 e. The normalized spacial score (nSPS) is 10.7. The number of ether oxygens (including phenoxy) is 1. The van der Waals surface area contributed by atoms with Gasteiger partial charge in [-0.05, 0) is 13.8 Å².